The lowest BCUT2D eigenvalue weighted by Gasteiger charge is -2.04. The molecule has 22 heavy (non-hydrogen) atoms. The Balaban J connectivity index is 1.85. The summed E-state index contributed by atoms with van der Waals surface area (Å²) in [6.45, 7) is 0. The highest BCUT2D eigenvalue weighted by atomic mass is 32.2. The molecule has 2 aromatic rings. The van der Waals surface area contributed by atoms with Gasteiger partial charge in [0.05, 0.1) is 7.11 Å². The van der Waals surface area contributed by atoms with E-state index < -0.39 is 5.97 Å². The second-order valence-corrected chi connectivity index (χ2v) is 6.01. The van der Waals surface area contributed by atoms with Crippen LogP contribution in [0.2, 0.25) is 0 Å². The number of carboxylic acids is 1. The molecule has 0 saturated heterocycles. The van der Waals surface area contributed by atoms with Gasteiger partial charge in [-0.3, -0.25) is 4.79 Å². The summed E-state index contributed by atoms with van der Waals surface area (Å²) in [5.41, 5.74) is 1.26. The van der Waals surface area contributed by atoms with Crippen molar-refractivity contribution in [3.05, 3.63) is 53.4 Å². The van der Waals surface area contributed by atoms with Crippen LogP contribution in [0, 0.1) is 0 Å². The molecule has 0 unspecified atom stereocenters. The number of fused-ring (bicyclic) bond motifs is 1. The van der Waals surface area contributed by atoms with Gasteiger partial charge in [0.1, 0.15) is 5.75 Å². The molecular weight excluding hydrogens is 296 g/mol. The van der Waals surface area contributed by atoms with Gasteiger partial charge in [-0.15, -0.1) is 11.8 Å². The normalized spacial score (nSPS) is 11.1. The molecule has 0 aliphatic heterocycles. The van der Waals surface area contributed by atoms with Crippen LogP contribution in [-0.2, 0) is 11.2 Å². The van der Waals surface area contributed by atoms with Gasteiger partial charge < -0.3 is 9.84 Å². The van der Waals surface area contributed by atoms with Gasteiger partial charge >= 0.3 is 5.97 Å². The summed E-state index contributed by atoms with van der Waals surface area (Å²) >= 11 is 1.66. The Morgan fingerprint density at radius 1 is 1.23 bits per heavy atom. The molecule has 116 valence electrons. The van der Waals surface area contributed by atoms with Crippen LogP contribution in [0.3, 0.4) is 0 Å². The van der Waals surface area contributed by atoms with Gasteiger partial charge in [0, 0.05) is 6.42 Å². The van der Waals surface area contributed by atoms with Crippen molar-refractivity contribution in [1.82, 2.24) is 0 Å². The fourth-order valence-electron chi connectivity index (χ4n) is 2.15. The molecule has 0 heterocycles. The van der Waals surface area contributed by atoms with E-state index in [2.05, 4.69) is 35.7 Å². The van der Waals surface area contributed by atoms with E-state index in [4.69, 9.17) is 9.84 Å². The molecule has 0 amide bonds. The lowest BCUT2D eigenvalue weighted by molar-refractivity contribution is -0.137. The summed E-state index contributed by atoms with van der Waals surface area (Å²) in [5, 5.41) is 13.0. The molecule has 0 atom stereocenters. The molecule has 0 spiro atoms. The fourth-order valence-corrected chi connectivity index (χ4v) is 2.83. The third kappa shape index (κ3) is 5.11. The number of ether oxygens (including phenoxy) is 1. The molecule has 2 aromatic carbocycles. The Morgan fingerprint density at radius 3 is 2.77 bits per heavy atom. The number of benzene rings is 2. The minimum Gasteiger partial charge on any atom is -0.497 e. The van der Waals surface area contributed by atoms with E-state index in [-0.39, 0.29) is 6.42 Å². The van der Waals surface area contributed by atoms with Crippen molar-refractivity contribution in [3.63, 3.8) is 0 Å². The van der Waals surface area contributed by atoms with Crippen molar-refractivity contribution in [2.24, 2.45) is 0 Å². The summed E-state index contributed by atoms with van der Waals surface area (Å²) in [5.74, 6) is 0.996. The number of allylic oxidation sites excluding steroid dienone is 1. The van der Waals surface area contributed by atoms with Crippen molar-refractivity contribution < 1.29 is 14.6 Å². The Morgan fingerprint density at radius 2 is 2.00 bits per heavy atom. The van der Waals surface area contributed by atoms with Gasteiger partial charge in [-0.1, -0.05) is 30.3 Å². The van der Waals surface area contributed by atoms with Crippen LogP contribution in [0.5, 0.6) is 5.75 Å². The van der Waals surface area contributed by atoms with Crippen LogP contribution in [0.1, 0.15) is 18.4 Å². The van der Waals surface area contributed by atoms with Gasteiger partial charge in [0.15, 0.2) is 0 Å². The Labute approximate surface area is 135 Å². The first-order valence-electron chi connectivity index (χ1n) is 7.24. The zero-order valence-corrected chi connectivity index (χ0v) is 13.4. The minimum absolute atomic E-state index is 0.245. The quantitative estimate of drug-likeness (QED) is 0.728. The maximum absolute atomic E-state index is 10.4. The molecular formula is C18H20O3S. The summed E-state index contributed by atoms with van der Waals surface area (Å²) in [6.07, 6.45) is 3.96. The summed E-state index contributed by atoms with van der Waals surface area (Å²) in [6, 6.07) is 12.5. The van der Waals surface area contributed by atoms with Crippen LogP contribution in [0.15, 0.2) is 47.9 Å². The molecule has 0 fully saturated rings. The van der Waals surface area contributed by atoms with Crippen molar-refractivity contribution in [2.45, 2.75) is 19.3 Å². The number of carboxylic acid groups (broad SMARTS) is 1. The summed E-state index contributed by atoms with van der Waals surface area (Å²) < 4.78 is 5.23. The number of hydrogen-bond acceptors (Lipinski definition) is 3. The molecule has 0 saturated carbocycles. The van der Waals surface area contributed by atoms with Gasteiger partial charge in [0.2, 0.25) is 0 Å². The van der Waals surface area contributed by atoms with E-state index in [0.717, 1.165) is 17.9 Å². The molecule has 3 nitrogen and oxygen atoms in total. The molecule has 0 bridgehead atoms. The van der Waals surface area contributed by atoms with Crippen molar-refractivity contribution in [1.29, 1.82) is 0 Å². The monoisotopic (exact) mass is 316 g/mol. The molecule has 4 heteroatoms. The van der Waals surface area contributed by atoms with Crippen LogP contribution >= 0.6 is 11.8 Å². The smallest absolute Gasteiger partial charge is 0.303 e. The van der Waals surface area contributed by atoms with E-state index >= 15 is 0 Å². The highest BCUT2D eigenvalue weighted by Crippen LogP contribution is 2.22. The summed E-state index contributed by atoms with van der Waals surface area (Å²) in [4.78, 5) is 10.4. The van der Waals surface area contributed by atoms with E-state index in [1.165, 1.54) is 16.3 Å². The zero-order valence-electron chi connectivity index (χ0n) is 12.6. The van der Waals surface area contributed by atoms with Crippen LogP contribution < -0.4 is 4.74 Å². The second-order valence-electron chi connectivity index (χ2n) is 4.99. The third-order valence-electron chi connectivity index (χ3n) is 3.31. The Bertz CT molecular complexity index is 664. The fraction of sp³-hybridized carbons (Fsp3) is 0.278. The maximum Gasteiger partial charge on any atom is 0.303 e. The molecule has 0 aliphatic carbocycles. The molecule has 2 rings (SSSR count). The maximum atomic E-state index is 10.4. The first-order valence-corrected chi connectivity index (χ1v) is 8.29. The summed E-state index contributed by atoms with van der Waals surface area (Å²) in [7, 11) is 1.68. The molecule has 0 aromatic heterocycles. The van der Waals surface area contributed by atoms with Gasteiger partial charge in [0.25, 0.3) is 0 Å². The van der Waals surface area contributed by atoms with E-state index in [0.29, 0.717) is 6.42 Å². The molecule has 0 aliphatic rings. The first kappa shape index (κ1) is 16.4. The topological polar surface area (TPSA) is 46.5 Å². The van der Waals surface area contributed by atoms with E-state index in [1.54, 1.807) is 18.9 Å². The number of rotatable bonds is 8. The van der Waals surface area contributed by atoms with Gasteiger partial charge in [-0.05, 0) is 52.5 Å². The average Bonchev–Trinajstić information content (AvgIpc) is 2.53. The molecule has 1 N–H and O–H groups in total. The third-order valence-corrected chi connectivity index (χ3v) is 4.22. The number of hydrogen-bond donors (Lipinski definition) is 1. The molecule has 0 radical (unpaired) electrons. The highest BCUT2D eigenvalue weighted by Gasteiger charge is 1.98. The largest absolute Gasteiger partial charge is 0.497 e. The lowest BCUT2D eigenvalue weighted by atomic mass is 10.0. The zero-order chi connectivity index (χ0) is 15.8. The first-order chi connectivity index (χ1) is 10.7. The van der Waals surface area contributed by atoms with Crippen molar-refractivity contribution >= 4 is 28.5 Å². The van der Waals surface area contributed by atoms with Gasteiger partial charge in [-0.2, -0.15) is 0 Å². The standard InChI is InChI=1S/C18H20O3S/c1-21-17-9-8-15-12-14(6-7-16(15)13-17)4-2-10-22-11-3-5-18(19)20/h2,6-10,12-13H,3-5,11H2,1H3,(H,19,20). The number of thioether (sulfide) groups is 1. The van der Waals surface area contributed by atoms with Gasteiger partial charge in [-0.25, -0.2) is 0 Å². The van der Waals surface area contributed by atoms with Crippen LogP contribution in [0.25, 0.3) is 10.8 Å². The second kappa shape index (κ2) is 8.49. The van der Waals surface area contributed by atoms with Crippen molar-refractivity contribution in [3.8, 4) is 5.75 Å². The Kier molecular flexibility index (Phi) is 6.34. The average molecular weight is 316 g/mol. The predicted molar refractivity (Wildman–Crippen MR) is 92.7 cm³/mol. The van der Waals surface area contributed by atoms with E-state index in [1.807, 2.05) is 12.1 Å². The van der Waals surface area contributed by atoms with Crippen LogP contribution in [-0.4, -0.2) is 23.9 Å². The Hall–Kier alpha value is -1.94. The van der Waals surface area contributed by atoms with Crippen LogP contribution in [0.4, 0.5) is 0 Å². The minimum atomic E-state index is -0.725. The predicted octanol–water partition coefficient (Wildman–Crippen LogP) is 4.50. The lowest BCUT2D eigenvalue weighted by Crippen LogP contribution is -1.94. The SMILES string of the molecule is COc1ccc2cc(CC=CSCCCC(=O)O)ccc2c1. The van der Waals surface area contributed by atoms with Crippen molar-refractivity contribution in [2.75, 3.05) is 12.9 Å². The number of carbonyl (C=O) groups is 1. The van der Waals surface area contributed by atoms with E-state index in [9.17, 15) is 4.79 Å². The number of methoxy groups -OCH3 is 1. The number of aliphatic carboxylic acids is 1. The highest BCUT2D eigenvalue weighted by molar-refractivity contribution is 8.02.